The summed E-state index contributed by atoms with van der Waals surface area (Å²) in [6.07, 6.45) is 8.27. The monoisotopic (exact) mass is 455 g/mol. The van der Waals surface area contributed by atoms with Crippen LogP contribution in [0.15, 0.2) is 47.5 Å². The van der Waals surface area contributed by atoms with Gasteiger partial charge in [0.2, 0.25) is 13.3 Å². The Labute approximate surface area is 185 Å². The van der Waals surface area contributed by atoms with E-state index >= 15 is 0 Å². The van der Waals surface area contributed by atoms with Gasteiger partial charge >= 0.3 is 0 Å². The molecule has 32 heavy (non-hydrogen) atoms. The zero-order valence-corrected chi connectivity index (χ0v) is 18.7. The molecule has 0 bridgehead atoms. The molecule has 3 N–H and O–H groups in total. The van der Waals surface area contributed by atoms with E-state index in [0.29, 0.717) is 16.9 Å². The van der Waals surface area contributed by atoms with E-state index in [1.807, 2.05) is 0 Å². The van der Waals surface area contributed by atoms with Gasteiger partial charge in [0.1, 0.15) is 5.56 Å². The average molecular weight is 455 g/mol. The fourth-order valence-electron chi connectivity index (χ4n) is 4.03. The third-order valence-electron chi connectivity index (χ3n) is 5.74. The number of benzene rings is 1. The zero-order valence-electron chi connectivity index (χ0n) is 17.8. The molecule has 1 unspecified atom stereocenters. The van der Waals surface area contributed by atoms with Crippen LogP contribution < -0.4 is 16.2 Å². The van der Waals surface area contributed by atoms with Crippen LogP contribution >= 0.6 is 7.37 Å². The topological polar surface area (TPSA) is 130 Å². The Balaban J connectivity index is 1.60. The van der Waals surface area contributed by atoms with Gasteiger partial charge in [0.15, 0.2) is 0 Å². The van der Waals surface area contributed by atoms with Crippen molar-refractivity contribution in [3.8, 4) is 5.95 Å². The first kappa shape index (κ1) is 22.2. The molecular formula is C22H26N5O4P. The fraction of sp³-hybridized carbons (Fsp3) is 0.364. The minimum atomic E-state index is -3.33. The second kappa shape index (κ2) is 9.22. The van der Waals surface area contributed by atoms with E-state index in [1.54, 1.807) is 42.7 Å². The van der Waals surface area contributed by atoms with E-state index in [0.717, 1.165) is 37.7 Å². The molecule has 2 aromatic heterocycles. The number of hydrogen-bond acceptors (Lipinski definition) is 5. The molecule has 1 aliphatic carbocycles. The van der Waals surface area contributed by atoms with Gasteiger partial charge in [-0.05, 0) is 36.6 Å². The fourth-order valence-corrected chi connectivity index (χ4v) is 4.74. The Hall–Kier alpha value is -3.03. The van der Waals surface area contributed by atoms with Crippen molar-refractivity contribution in [1.82, 2.24) is 25.1 Å². The van der Waals surface area contributed by atoms with E-state index < -0.39 is 18.8 Å². The smallest absolute Gasteiger partial charge is 0.265 e. The average Bonchev–Trinajstić information content (AvgIpc) is 3.32. The molecule has 0 saturated heterocycles. The highest BCUT2D eigenvalue weighted by Crippen LogP contribution is 2.34. The maximum Gasteiger partial charge on any atom is 0.265 e. The summed E-state index contributed by atoms with van der Waals surface area (Å²) < 4.78 is 13.2. The van der Waals surface area contributed by atoms with Crippen molar-refractivity contribution in [2.75, 3.05) is 6.66 Å². The highest BCUT2D eigenvalue weighted by Gasteiger charge is 2.27. The van der Waals surface area contributed by atoms with Gasteiger partial charge in [-0.25, -0.2) is 9.67 Å². The molecule has 0 aliphatic heterocycles. The first-order valence-electron chi connectivity index (χ1n) is 10.6. The number of aromatic nitrogens is 4. The summed E-state index contributed by atoms with van der Waals surface area (Å²) in [4.78, 5) is 43.0. The second-order valence-electron chi connectivity index (χ2n) is 8.16. The predicted octanol–water partition coefficient (Wildman–Crippen LogP) is 2.46. The summed E-state index contributed by atoms with van der Waals surface area (Å²) in [5.41, 5.74) is 0.815. The molecule has 1 saturated carbocycles. The lowest BCUT2D eigenvalue weighted by Crippen LogP contribution is -2.33. The van der Waals surface area contributed by atoms with Crippen LogP contribution in [0.2, 0.25) is 0 Å². The SMILES string of the molecule is CP(=O)(O)c1ccc(CNC(=O)c2c(C3CCCCC3)nc(-n3cccn3)[nH]c2=O)cc1. The Kier molecular flexibility index (Phi) is 6.39. The van der Waals surface area contributed by atoms with E-state index in [-0.39, 0.29) is 18.0 Å². The van der Waals surface area contributed by atoms with E-state index in [4.69, 9.17) is 0 Å². The molecule has 168 valence electrons. The first-order valence-corrected chi connectivity index (χ1v) is 12.8. The molecule has 1 amide bonds. The van der Waals surface area contributed by atoms with E-state index in [1.165, 1.54) is 11.3 Å². The summed E-state index contributed by atoms with van der Waals surface area (Å²) >= 11 is 0. The molecule has 9 nitrogen and oxygen atoms in total. The number of nitrogens with one attached hydrogen (secondary N) is 2. The molecule has 0 spiro atoms. The number of carbonyl (C=O) groups excluding carboxylic acids is 1. The van der Waals surface area contributed by atoms with Crippen molar-refractivity contribution in [3.05, 3.63) is 69.9 Å². The number of H-pyrrole nitrogens is 1. The van der Waals surface area contributed by atoms with Gasteiger partial charge in [0.25, 0.3) is 11.5 Å². The van der Waals surface area contributed by atoms with Gasteiger partial charge in [0, 0.05) is 36.8 Å². The maximum atomic E-state index is 13.0. The Morgan fingerprint density at radius 3 is 2.59 bits per heavy atom. The molecule has 4 rings (SSSR count). The van der Waals surface area contributed by atoms with Crippen molar-refractivity contribution < 1.29 is 14.3 Å². The van der Waals surface area contributed by atoms with Gasteiger partial charge in [-0.2, -0.15) is 5.10 Å². The normalized spacial score (nSPS) is 16.4. The van der Waals surface area contributed by atoms with E-state index in [2.05, 4.69) is 20.4 Å². The standard InChI is InChI=1S/C22H26N5O4P/c1-32(30,31)17-10-8-15(9-11-17)14-23-20(28)18-19(16-6-3-2-4-7-16)25-22(26-21(18)29)27-13-5-12-24-27/h5,8-13,16H,2-4,6-7,14H2,1H3,(H,23,28)(H,30,31)(H,25,26,29). The Morgan fingerprint density at radius 2 is 1.97 bits per heavy atom. The minimum absolute atomic E-state index is 0.0397. The van der Waals surface area contributed by atoms with Crippen LogP contribution in [-0.2, 0) is 11.1 Å². The van der Waals surface area contributed by atoms with Crippen LogP contribution in [-0.4, -0.2) is 37.2 Å². The minimum Gasteiger partial charge on any atom is -0.348 e. The quantitative estimate of drug-likeness (QED) is 0.490. The van der Waals surface area contributed by atoms with Crippen LogP contribution in [0.5, 0.6) is 0 Å². The molecule has 1 aromatic carbocycles. The lowest BCUT2D eigenvalue weighted by Gasteiger charge is -2.23. The summed E-state index contributed by atoms with van der Waals surface area (Å²) in [6.45, 7) is 1.46. The van der Waals surface area contributed by atoms with Crippen molar-refractivity contribution >= 4 is 18.6 Å². The molecule has 3 aromatic rings. The highest BCUT2D eigenvalue weighted by atomic mass is 31.2. The molecule has 0 radical (unpaired) electrons. The third kappa shape index (κ3) is 4.89. The number of aromatic amines is 1. The Bertz CT molecular complexity index is 1190. The van der Waals surface area contributed by atoms with Crippen molar-refractivity contribution in [1.29, 1.82) is 0 Å². The molecular weight excluding hydrogens is 429 g/mol. The number of carbonyl (C=O) groups is 1. The van der Waals surface area contributed by atoms with Crippen LogP contribution in [0, 0.1) is 0 Å². The second-order valence-corrected chi connectivity index (χ2v) is 10.4. The van der Waals surface area contributed by atoms with Crippen molar-refractivity contribution in [2.45, 2.75) is 44.6 Å². The van der Waals surface area contributed by atoms with Gasteiger partial charge in [-0.3, -0.25) is 19.1 Å². The molecule has 1 atom stereocenters. The number of amides is 1. The number of rotatable bonds is 6. The highest BCUT2D eigenvalue weighted by molar-refractivity contribution is 7.65. The van der Waals surface area contributed by atoms with Crippen LogP contribution in [0.25, 0.3) is 5.95 Å². The lowest BCUT2D eigenvalue weighted by atomic mass is 9.85. The lowest BCUT2D eigenvalue weighted by molar-refractivity contribution is 0.0947. The first-order chi connectivity index (χ1) is 15.3. The van der Waals surface area contributed by atoms with Gasteiger partial charge in [-0.15, -0.1) is 0 Å². The van der Waals surface area contributed by atoms with Crippen LogP contribution in [0.4, 0.5) is 0 Å². The van der Waals surface area contributed by atoms with Crippen molar-refractivity contribution in [2.24, 2.45) is 0 Å². The Morgan fingerprint density at radius 1 is 1.25 bits per heavy atom. The summed E-state index contributed by atoms with van der Waals surface area (Å²) in [7, 11) is -3.33. The van der Waals surface area contributed by atoms with Gasteiger partial charge in [-0.1, -0.05) is 31.4 Å². The third-order valence-corrected chi connectivity index (χ3v) is 7.00. The number of nitrogens with zero attached hydrogens (tertiary/aromatic N) is 3. The van der Waals surface area contributed by atoms with Gasteiger partial charge in [0.05, 0.1) is 5.69 Å². The van der Waals surface area contributed by atoms with Crippen LogP contribution in [0.3, 0.4) is 0 Å². The number of hydrogen-bond donors (Lipinski definition) is 3. The van der Waals surface area contributed by atoms with Crippen LogP contribution in [0.1, 0.15) is 59.6 Å². The molecule has 1 aliphatic rings. The largest absolute Gasteiger partial charge is 0.348 e. The maximum absolute atomic E-state index is 13.0. The zero-order chi connectivity index (χ0) is 22.7. The summed E-state index contributed by atoms with van der Waals surface area (Å²) in [6, 6.07) is 8.26. The molecule has 2 heterocycles. The predicted molar refractivity (Wildman–Crippen MR) is 121 cm³/mol. The molecule has 1 fully saturated rings. The van der Waals surface area contributed by atoms with Crippen molar-refractivity contribution in [3.63, 3.8) is 0 Å². The summed E-state index contributed by atoms with van der Waals surface area (Å²) in [5.74, 6) is -0.150. The summed E-state index contributed by atoms with van der Waals surface area (Å²) in [5, 5.41) is 7.28. The van der Waals surface area contributed by atoms with E-state index in [9.17, 15) is 19.0 Å². The molecule has 10 heteroatoms. The van der Waals surface area contributed by atoms with Gasteiger partial charge < -0.3 is 10.2 Å².